The molecule has 0 bridgehead atoms. The van der Waals surface area contributed by atoms with Gasteiger partial charge >= 0.3 is 6.03 Å². The van der Waals surface area contributed by atoms with Crippen LogP contribution in [0.4, 0.5) is 10.5 Å². The van der Waals surface area contributed by atoms with Crippen LogP contribution in [0.3, 0.4) is 0 Å². The fraction of sp³-hybridized carbons (Fsp3) is 0.579. The van der Waals surface area contributed by atoms with Gasteiger partial charge in [-0.05, 0) is 31.4 Å². The summed E-state index contributed by atoms with van der Waals surface area (Å²) in [5.74, 6) is 0.896. The van der Waals surface area contributed by atoms with Crippen molar-refractivity contribution in [2.45, 2.75) is 25.7 Å². The minimum Gasteiger partial charge on any atom is -0.497 e. The van der Waals surface area contributed by atoms with E-state index in [1.54, 1.807) is 7.11 Å². The molecule has 3 heterocycles. The molecule has 1 unspecified atom stereocenters. The zero-order chi connectivity index (χ0) is 17.4. The molecule has 4 rings (SSSR count). The lowest BCUT2D eigenvalue weighted by atomic mass is 9.86. The largest absolute Gasteiger partial charge is 0.497 e. The highest BCUT2D eigenvalue weighted by atomic mass is 16.5. The fourth-order valence-corrected chi connectivity index (χ4v) is 4.39. The monoisotopic (exact) mass is 343 g/mol. The molecule has 1 spiro atoms. The summed E-state index contributed by atoms with van der Waals surface area (Å²) < 4.78 is 5.28. The average molecular weight is 343 g/mol. The molecule has 3 aliphatic heterocycles. The third-order valence-corrected chi connectivity index (χ3v) is 5.77. The molecule has 6 heteroatoms. The molecule has 0 saturated carbocycles. The molecule has 3 aliphatic rings. The van der Waals surface area contributed by atoms with Gasteiger partial charge in [0, 0.05) is 56.3 Å². The first-order chi connectivity index (χ1) is 12.1. The van der Waals surface area contributed by atoms with E-state index < -0.39 is 0 Å². The first-order valence-corrected chi connectivity index (χ1v) is 9.09. The Morgan fingerprint density at radius 3 is 2.68 bits per heavy atom. The van der Waals surface area contributed by atoms with Gasteiger partial charge in [-0.2, -0.15) is 0 Å². The van der Waals surface area contributed by atoms with Gasteiger partial charge in [0.2, 0.25) is 5.91 Å². The Morgan fingerprint density at radius 2 is 1.92 bits per heavy atom. The van der Waals surface area contributed by atoms with Gasteiger partial charge in [0.1, 0.15) is 5.75 Å². The number of hydrogen-bond donors (Lipinski definition) is 0. The van der Waals surface area contributed by atoms with Crippen molar-refractivity contribution >= 4 is 17.6 Å². The van der Waals surface area contributed by atoms with Gasteiger partial charge in [0.15, 0.2) is 0 Å². The number of methoxy groups -OCH3 is 1. The van der Waals surface area contributed by atoms with Crippen LogP contribution in [-0.2, 0) is 4.79 Å². The summed E-state index contributed by atoms with van der Waals surface area (Å²) in [6.45, 7) is 3.88. The van der Waals surface area contributed by atoms with Gasteiger partial charge in [-0.25, -0.2) is 4.79 Å². The van der Waals surface area contributed by atoms with Crippen LogP contribution >= 0.6 is 0 Å². The fourth-order valence-electron chi connectivity index (χ4n) is 4.39. The molecule has 0 aliphatic carbocycles. The minimum atomic E-state index is -0.102. The summed E-state index contributed by atoms with van der Waals surface area (Å²) in [6.07, 6.45) is 3.63. The first kappa shape index (κ1) is 16.2. The summed E-state index contributed by atoms with van der Waals surface area (Å²) in [6, 6.07) is 7.79. The maximum atomic E-state index is 12.6. The summed E-state index contributed by atoms with van der Waals surface area (Å²) >= 11 is 0. The SMILES string of the molecule is COc1cccc(N2CC3(CCN(C(=O)N4CCCC4)C3)CC2=O)c1. The van der Waals surface area contributed by atoms with Crippen LogP contribution in [0.15, 0.2) is 24.3 Å². The average Bonchev–Trinajstić information content (AvgIpc) is 3.36. The van der Waals surface area contributed by atoms with E-state index >= 15 is 0 Å². The van der Waals surface area contributed by atoms with E-state index in [0.717, 1.165) is 50.3 Å². The highest BCUT2D eigenvalue weighted by Gasteiger charge is 2.49. The van der Waals surface area contributed by atoms with Gasteiger partial charge < -0.3 is 19.4 Å². The Kier molecular flexibility index (Phi) is 4.06. The Balaban J connectivity index is 1.47. The van der Waals surface area contributed by atoms with Gasteiger partial charge in [-0.15, -0.1) is 0 Å². The highest BCUT2D eigenvalue weighted by molar-refractivity contribution is 5.96. The molecule has 0 radical (unpaired) electrons. The predicted molar refractivity (Wildman–Crippen MR) is 94.8 cm³/mol. The van der Waals surface area contributed by atoms with E-state index in [9.17, 15) is 9.59 Å². The maximum absolute atomic E-state index is 12.6. The second kappa shape index (κ2) is 6.24. The van der Waals surface area contributed by atoms with Gasteiger partial charge in [-0.3, -0.25) is 4.79 Å². The first-order valence-electron chi connectivity index (χ1n) is 9.09. The summed E-state index contributed by atoms with van der Waals surface area (Å²) in [4.78, 5) is 31.0. The van der Waals surface area contributed by atoms with Crippen LogP contribution in [0, 0.1) is 5.41 Å². The van der Waals surface area contributed by atoms with Crippen LogP contribution in [0.5, 0.6) is 5.75 Å². The molecular formula is C19H25N3O3. The number of anilines is 1. The number of ether oxygens (including phenoxy) is 1. The van der Waals surface area contributed by atoms with E-state index in [1.807, 2.05) is 39.0 Å². The number of benzene rings is 1. The number of rotatable bonds is 2. The molecule has 1 atom stereocenters. The number of urea groups is 1. The van der Waals surface area contributed by atoms with Gasteiger partial charge in [-0.1, -0.05) is 6.07 Å². The molecule has 0 aromatic heterocycles. The smallest absolute Gasteiger partial charge is 0.320 e. The Morgan fingerprint density at radius 1 is 1.12 bits per heavy atom. The van der Waals surface area contributed by atoms with Crippen molar-refractivity contribution in [3.8, 4) is 5.75 Å². The Bertz CT molecular complexity index is 686. The van der Waals surface area contributed by atoms with Gasteiger partial charge in [0.05, 0.1) is 7.11 Å². The lowest BCUT2D eigenvalue weighted by Crippen LogP contribution is -2.42. The molecule has 3 amide bonds. The molecule has 0 N–H and O–H groups in total. The molecule has 3 fully saturated rings. The van der Waals surface area contributed by atoms with Crippen molar-refractivity contribution < 1.29 is 14.3 Å². The molecule has 1 aromatic rings. The van der Waals surface area contributed by atoms with E-state index in [1.165, 1.54) is 0 Å². The zero-order valence-corrected chi connectivity index (χ0v) is 14.7. The molecule has 25 heavy (non-hydrogen) atoms. The Hall–Kier alpha value is -2.24. The lowest BCUT2D eigenvalue weighted by molar-refractivity contribution is -0.117. The van der Waals surface area contributed by atoms with Crippen LogP contribution in [0.1, 0.15) is 25.7 Å². The van der Waals surface area contributed by atoms with Crippen molar-refractivity contribution in [2.24, 2.45) is 5.41 Å². The van der Waals surface area contributed by atoms with Crippen LogP contribution in [0.2, 0.25) is 0 Å². The van der Waals surface area contributed by atoms with Crippen molar-refractivity contribution in [3.05, 3.63) is 24.3 Å². The number of carbonyl (C=O) groups excluding carboxylic acids is 2. The summed E-state index contributed by atoms with van der Waals surface area (Å²) in [5.41, 5.74) is 0.778. The van der Waals surface area contributed by atoms with Crippen LogP contribution < -0.4 is 9.64 Å². The number of hydrogen-bond acceptors (Lipinski definition) is 3. The summed E-state index contributed by atoms with van der Waals surface area (Å²) in [5, 5.41) is 0. The molecule has 1 aromatic carbocycles. The molecular weight excluding hydrogens is 318 g/mol. The zero-order valence-electron chi connectivity index (χ0n) is 14.7. The third kappa shape index (κ3) is 2.94. The topological polar surface area (TPSA) is 53.1 Å². The Labute approximate surface area is 148 Å². The van der Waals surface area contributed by atoms with Crippen molar-refractivity contribution in [1.82, 2.24) is 9.80 Å². The predicted octanol–water partition coefficient (Wildman–Crippen LogP) is 2.34. The van der Waals surface area contributed by atoms with Crippen molar-refractivity contribution in [2.75, 3.05) is 44.7 Å². The van der Waals surface area contributed by atoms with Crippen LogP contribution in [0.25, 0.3) is 0 Å². The van der Waals surface area contributed by atoms with Crippen molar-refractivity contribution in [3.63, 3.8) is 0 Å². The second-order valence-electron chi connectivity index (χ2n) is 7.51. The quantitative estimate of drug-likeness (QED) is 0.828. The maximum Gasteiger partial charge on any atom is 0.320 e. The molecule has 6 nitrogen and oxygen atoms in total. The van der Waals surface area contributed by atoms with Crippen LogP contribution in [-0.4, -0.2) is 61.6 Å². The number of amides is 3. The van der Waals surface area contributed by atoms with Gasteiger partial charge in [0.25, 0.3) is 0 Å². The third-order valence-electron chi connectivity index (χ3n) is 5.77. The standard InChI is InChI=1S/C19H25N3O3/c1-25-16-6-4-5-15(11-16)22-14-19(12-17(22)23)7-10-21(13-19)18(24)20-8-2-3-9-20/h4-6,11H,2-3,7-10,12-14H2,1H3. The number of likely N-dealkylation sites (tertiary alicyclic amines) is 2. The van der Waals surface area contributed by atoms with E-state index in [4.69, 9.17) is 4.74 Å². The normalized spacial score (nSPS) is 26.1. The molecule has 134 valence electrons. The van der Waals surface area contributed by atoms with E-state index in [-0.39, 0.29) is 17.4 Å². The van der Waals surface area contributed by atoms with Crippen molar-refractivity contribution in [1.29, 1.82) is 0 Å². The highest BCUT2D eigenvalue weighted by Crippen LogP contribution is 2.42. The van der Waals surface area contributed by atoms with E-state index in [2.05, 4.69) is 0 Å². The second-order valence-corrected chi connectivity index (χ2v) is 7.51. The van der Waals surface area contributed by atoms with E-state index in [0.29, 0.717) is 19.5 Å². The lowest BCUT2D eigenvalue weighted by Gasteiger charge is -2.27. The number of nitrogens with zero attached hydrogens (tertiary/aromatic N) is 3. The minimum absolute atomic E-state index is 0.102. The molecule has 3 saturated heterocycles. The summed E-state index contributed by atoms with van der Waals surface area (Å²) in [7, 11) is 1.63. The number of carbonyl (C=O) groups is 2.